The molecule has 1 saturated heterocycles. The average molecular weight is 403 g/mol. The van der Waals surface area contributed by atoms with Crippen molar-refractivity contribution >= 4 is 52.2 Å². The van der Waals surface area contributed by atoms with Crippen molar-refractivity contribution in [2.75, 3.05) is 6.61 Å². The number of hydrogen-bond acceptors (Lipinski definition) is 5. The predicted molar refractivity (Wildman–Crippen MR) is 107 cm³/mol. The number of nitrogens with one attached hydrogen (secondary N) is 1. The third-order valence-corrected chi connectivity index (χ3v) is 4.97. The van der Waals surface area contributed by atoms with Gasteiger partial charge in [0, 0.05) is 5.02 Å². The summed E-state index contributed by atoms with van der Waals surface area (Å²) in [5.41, 5.74) is 2.33. The molecule has 0 aliphatic carbocycles. The standard InChI is InChI=1S/C19H15ClN2O4S/c1-11-14(20)3-2-4-15(11)21-19-22-18(25)16(27-19)9-12-5-7-13(8-6-12)26-10-17(23)24/h2-9H,10H2,1H3,(H,23,24)(H,21,22,25)/b16-9+. The highest BCUT2D eigenvalue weighted by Crippen LogP contribution is 2.31. The quantitative estimate of drug-likeness (QED) is 0.738. The Morgan fingerprint density at radius 1 is 1.30 bits per heavy atom. The molecule has 138 valence electrons. The number of nitrogens with zero attached hydrogens (tertiary/aromatic N) is 1. The fraction of sp³-hybridized carbons (Fsp3) is 0.105. The van der Waals surface area contributed by atoms with Crippen molar-refractivity contribution in [1.82, 2.24) is 5.32 Å². The van der Waals surface area contributed by atoms with Crippen molar-refractivity contribution < 1.29 is 19.4 Å². The highest BCUT2D eigenvalue weighted by Gasteiger charge is 2.24. The van der Waals surface area contributed by atoms with E-state index in [0.717, 1.165) is 11.1 Å². The molecule has 1 amide bonds. The van der Waals surface area contributed by atoms with Crippen LogP contribution >= 0.6 is 23.4 Å². The summed E-state index contributed by atoms with van der Waals surface area (Å²) in [6, 6.07) is 12.2. The summed E-state index contributed by atoms with van der Waals surface area (Å²) in [7, 11) is 0. The maximum atomic E-state index is 12.2. The van der Waals surface area contributed by atoms with Gasteiger partial charge in [-0.2, -0.15) is 0 Å². The summed E-state index contributed by atoms with van der Waals surface area (Å²) in [6.07, 6.45) is 1.73. The van der Waals surface area contributed by atoms with E-state index >= 15 is 0 Å². The molecule has 1 heterocycles. The summed E-state index contributed by atoms with van der Waals surface area (Å²) < 4.78 is 5.08. The number of carboxylic acid groups (broad SMARTS) is 1. The van der Waals surface area contributed by atoms with E-state index in [2.05, 4.69) is 10.3 Å². The molecule has 27 heavy (non-hydrogen) atoms. The van der Waals surface area contributed by atoms with Gasteiger partial charge < -0.3 is 15.2 Å². The molecule has 1 aliphatic heterocycles. The highest BCUT2D eigenvalue weighted by atomic mass is 35.5. The fourth-order valence-corrected chi connectivity index (χ4v) is 3.27. The number of amidine groups is 1. The van der Waals surface area contributed by atoms with Crippen molar-refractivity contribution in [3.8, 4) is 5.75 Å². The van der Waals surface area contributed by atoms with Crippen LogP contribution in [0.25, 0.3) is 6.08 Å². The Hall–Kier alpha value is -2.77. The molecule has 2 aromatic rings. The molecule has 3 rings (SSSR count). The Labute approximate surface area is 164 Å². The number of carbonyl (C=O) groups is 2. The second-order valence-electron chi connectivity index (χ2n) is 5.62. The van der Waals surface area contributed by atoms with Gasteiger partial charge in [0.25, 0.3) is 5.91 Å². The third-order valence-electron chi connectivity index (χ3n) is 3.65. The van der Waals surface area contributed by atoms with Gasteiger partial charge >= 0.3 is 5.97 Å². The molecule has 0 radical (unpaired) electrons. The lowest BCUT2D eigenvalue weighted by Crippen LogP contribution is -2.19. The second-order valence-corrected chi connectivity index (χ2v) is 7.05. The molecular formula is C19H15ClN2O4S. The van der Waals surface area contributed by atoms with E-state index < -0.39 is 12.6 Å². The van der Waals surface area contributed by atoms with Crippen molar-refractivity contribution in [1.29, 1.82) is 0 Å². The zero-order chi connectivity index (χ0) is 19.4. The molecule has 6 nitrogen and oxygen atoms in total. The molecule has 0 unspecified atom stereocenters. The van der Waals surface area contributed by atoms with Crippen LogP contribution in [0.5, 0.6) is 5.75 Å². The van der Waals surface area contributed by atoms with Gasteiger partial charge in [-0.3, -0.25) is 4.79 Å². The molecule has 0 bridgehead atoms. The normalized spacial score (nSPS) is 16.6. The van der Waals surface area contributed by atoms with Gasteiger partial charge in [-0.25, -0.2) is 9.79 Å². The topological polar surface area (TPSA) is 88.0 Å². The van der Waals surface area contributed by atoms with Gasteiger partial charge in [-0.05, 0) is 60.2 Å². The number of aliphatic carboxylic acids is 1. The third kappa shape index (κ3) is 4.90. The number of rotatable bonds is 5. The monoisotopic (exact) mass is 402 g/mol. The fourth-order valence-electron chi connectivity index (χ4n) is 2.26. The lowest BCUT2D eigenvalue weighted by Gasteiger charge is -2.03. The molecule has 8 heteroatoms. The van der Waals surface area contributed by atoms with Crippen molar-refractivity contribution in [3.05, 3.63) is 63.5 Å². The highest BCUT2D eigenvalue weighted by molar-refractivity contribution is 8.18. The van der Waals surface area contributed by atoms with E-state index in [0.29, 0.717) is 26.5 Å². The summed E-state index contributed by atoms with van der Waals surface area (Å²) >= 11 is 7.34. The number of benzene rings is 2. The second kappa shape index (κ2) is 8.28. The van der Waals surface area contributed by atoms with E-state index in [1.165, 1.54) is 11.8 Å². The van der Waals surface area contributed by atoms with E-state index in [4.69, 9.17) is 21.4 Å². The van der Waals surface area contributed by atoms with Gasteiger partial charge in [0.1, 0.15) is 5.75 Å². The molecule has 0 atom stereocenters. The van der Waals surface area contributed by atoms with E-state index in [1.807, 2.05) is 13.0 Å². The first-order chi connectivity index (χ1) is 12.9. The Bertz CT molecular complexity index is 955. The van der Waals surface area contributed by atoms with E-state index in [-0.39, 0.29) is 5.91 Å². The largest absolute Gasteiger partial charge is 0.482 e. The number of carboxylic acids is 1. The zero-order valence-corrected chi connectivity index (χ0v) is 15.8. The van der Waals surface area contributed by atoms with Crippen LogP contribution in [0.2, 0.25) is 5.02 Å². The predicted octanol–water partition coefficient (Wildman–Crippen LogP) is 4.00. The number of thioether (sulfide) groups is 1. The van der Waals surface area contributed by atoms with E-state index in [1.54, 1.807) is 42.5 Å². The smallest absolute Gasteiger partial charge is 0.341 e. The van der Waals surface area contributed by atoms with Crippen LogP contribution in [0.4, 0.5) is 5.69 Å². The van der Waals surface area contributed by atoms with Crippen LogP contribution in [-0.2, 0) is 9.59 Å². The van der Waals surface area contributed by atoms with Crippen LogP contribution in [0, 0.1) is 6.92 Å². The van der Waals surface area contributed by atoms with Gasteiger partial charge in [-0.15, -0.1) is 0 Å². The van der Waals surface area contributed by atoms with Gasteiger partial charge in [-0.1, -0.05) is 29.8 Å². The lowest BCUT2D eigenvalue weighted by molar-refractivity contribution is -0.139. The van der Waals surface area contributed by atoms with Crippen LogP contribution in [0.3, 0.4) is 0 Å². The summed E-state index contributed by atoms with van der Waals surface area (Å²) in [5, 5.41) is 12.4. The lowest BCUT2D eigenvalue weighted by atomic mass is 10.2. The molecule has 0 saturated carbocycles. The Morgan fingerprint density at radius 3 is 2.74 bits per heavy atom. The maximum Gasteiger partial charge on any atom is 0.341 e. The number of halogens is 1. The maximum absolute atomic E-state index is 12.2. The first-order valence-corrected chi connectivity index (χ1v) is 9.11. The van der Waals surface area contributed by atoms with Gasteiger partial charge in [0.15, 0.2) is 11.8 Å². The Balaban J connectivity index is 1.74. The van der Waals surface area contributed by atoms with Gasteiger partial charge in [0.05, 0.1) is 10.6 Å². The first-order valence-electron chi connectivity index (χ1n) is 7.92. The molecule has 1 aliphatic rings. The van der Waals surface area contributed by atoms with Crippen LogP contribution in [-0.4, -0.2) is 28.8 Å². The SMILES string of the molecule is Cc1c(Cl)cccc1N=C1NC(=O)/C(=C\c2ccc(OCC(=O)O)cc2)S1. The number of ether oxygens (including phenoxy) is 1. The van der Waals surface area contributed by atoms with Crippen molar-refractivity contribution in [2.24, 2.45) is 4.99 Å². The Kier molecular flexibility index (Phi) is 5.83. The zero-order valence-electron chi connectivity index (χ0n) is 14.2. The van der Waals surface area contributed by atoms with Crippen molar-refractivity contribution in [3.63, 3.8) is 0 Å². The Morgan fingerprint density at radius 2 is 2.04 bits per heavy atom. The first kappa shape index (κ1) is 19.0. The van der Waals surface area contributed by atoms with Crippen molar-refractivity contribution in [2.45, 2.75) is 6.92 Å². The van der Waals surface area contributed by atoms with Crippen LogP contribution in [0.15, 0.2) is 52.4 Å². The molecule has 0 spiro atoms. The molecule has 0 aromatic heterocycles. The minimum Gasteiger partial charge on any atom is -0.482 e. The number of hydrogen-bond donors (Lipinski definition) is 2. The van der Waals surface area contributed by atoms with Crippen LogP contribution < -0.4 is 10.1 Å². The number of aliphatic imine (C=N–C) groups is 1. The molecular weight excluding hydrogens is 388 g/mol. The summed E-state index contributed by atoms with van der Waals surface area (Å²) in [4.78, 5) is 27.7. The van der Waals surface area contributed by atoms with E-state index in [9.17, 15) is 9.59 Å². The van der Waals surface area contributed by atoms with Gasteiger partial charge in [0.2, 0.25) is 0 Å². The summed E-state index contributed by atoms with van der Waals surface area (Å²) in [6.45, 7) is 1.47. The number of carbonyl (C=O) groups excluding carboxylic acids is 1. The molecule has 1 fully saturated rings. The minimum absolute atomic E-state index is 0.232. The molecule has 2 N–H and O–H groups in total. The summed E-state index contributed by atoms with van der Waals surface area (Å²) in [5.74, 6) is -0.826. The number of amides is 1. The van der Waals surface area contributed by atoms with Crippen LogP contribution in [0.1, 0.15) is 11.1 Å². The minimum atomic E-state index is -1.04. The molecule has 2 aromatic carbocycles. The average Bonchev–Trinajstić information content (AvgIpc) is 2.97.